The molecule has 150 valence electrons. The number of rotatable bonds is 7. The van der Waals surface area contributed by atoms with Crippen LogP contribution in [0.25, 0.3) is 0 Å². The van der Waals surface area contributed by atoms with Gasteiger partial charge in [-0.1, -0.05) is 19.4 Å². The minimum absolute atomic E-state index is 0.247. The minimum atomic E-state index is -0.859. The van der Waals surface area contributed by atoms with E-state index in [1.165, 1.54) is 18.4 Å². The molecule has 2 aromatic rings. The fraction of sp³-hybridized carbons (Fsp3) is 0.350. The molecule has 1 heterocycles. The fourth-order valence-corrected chi connectivity index (χ4v) is 3.48. The van der Waals surface area contributed by atoms with Crippen LogP contribution in [0.1, 0.15) is 50.9 Å². The number of nitrogens with one attached hydrogen (secondary N) is 2. The molecule has 0 atom stereocenters. The van der Waals surface area contributed by atoms with Crippen LogP contribution in [-0.4, -0.2) is 31.6 Å². The number of hydrogen-bond donors (Lipinski definition) is 2. The van der Waals surface area contributed by atoms with Gasteiger partial charge in [-0.2, -0.15) is 0 Å². The van der Waals surface area contributed by atoms with Crippen molar-refractivity contribution in [3.8, 4) is 5.75 Å². The zero-order chi connectivity index (χ0) is 20.7. The van der Waals surface area contributed by atoms with Crippen LogP contribution >= 0.6 is 11.3 Å². The lowest BCUT2D eigenvalue weighted by Gasteiger charge is -2.09. The highest BCUT2D eigenvalue weighted by Gasteiger charge is 2.23. The Hall–Kier alpha value is -2.87. The van der Waals surface area contributed by atoms with Gasteiger partial charge in [-0.05, 0) is 44.0 Å². The number of ether oxygens (including phenoxy) is 2. The lowest BCUT2D eigenvalue weighted by Crippen LogP contribution is -2.31. The molecular formula is C20H24N2O5S. The van der Waals surface area contributed by atoms with Gasteiger partial charge in [0.2, 0.25) is 0 Å². The lowest BCUT2D eigenvalue weighted by molar-refractivity contribution is 0.0937. The van der Waals surface area contributed by atoms with Crippen LogP contribution in [-0.2, 0) is 4.74 Å². The quantitative estimate of drug-likeness (QED) is 0.672. The number of alkyl carbamates (subject to hydrolysis) is 1. The Morgan fingerprint density at radius 1 is 1.14 bits per heavy atom. The molecule has 0 aliphatic carbocycles. The summed E-state index contributed by atoms with van der Waals surface area (Å²) in [5.74, 6) is -0.377. The molecule has 3 amide bonds. The molecule has 1 aromatic carbocycles. The summed E-state index contributed by atoms with van der Waals surface area (Å²) < 4.78 is 10.1. The zero-order valence-electron chi connectivity index (χ0n) is 16.4. The van der Waals surface area contributed by atoms with E-state index in [9.17, 15) is 14.4 Å². The highest BCUT2D eigenvalue weighted by Crippen LogP contribution is 2.33. The van der Waals surface area contributed by atoms with Gasteiger partial charge in [0.1, 0.15) is 10.8 Å². The number of anilines is 1. The third-order valence-electron chi connectivity index (χ3n) is 4.10. The molecule has 2 N–H and O–H groups in total. The van der Waals surface area contributed by atoms with E-state index in [-0.39, 0.29) is 11.5 Å². The Morgan fingerprint density at radius 2 is 1.89 bits per heavy atom. The summed E-state index contributed by atoms with van der Waals surface area (Å²) in [4.78, 5) is 37.3. The van der Waals surface area contributed by atoms with Crippen molar-refractivity contribution >= 4 is 34.2 Å². The molecule has 1 aromatic heterocycles. The second kappa shape index (κ2) is 9.89. The lowest BCUT2D eigenvalue weighted by atomic mass is 10.1. The standard InChI is InChI=1S/C20H24N2O5S/c1-5-6-10-27-15-9-7-8-14(11-15)17(23)21-19-16(12(2)13(3)28-19)18(24)22-20(25)26-4/h7-9,11H,5-6,10H2,1-4H3,(H,21,23)(H,22,24,25). The van der Waals surface area contributed by atoms with Crippen LogP contribution in [0, 0.1) is 13.8 Å². The largest absolute Gasteiger partial charge is 0.494 e. The molecule has 2 rings (SSSR count). The number of unbranched alkanes of at least 4 members (excludes halogenated alkanes) is 1. The highest BCUT2D eigenvalue weighted by molar-refractivity contribution is 7.16. The second-order valence-corrected chi connectivity index (χ2v) is 7.34. The van der Waals surface area contributed by atoms with Gasteiger partial charge in [0.15, 0.2) is 0 Å². The van der Waals surface area contributed by atoms with Crippen molar-refractivity contribution in [1.82, 2.24) is 5.32 Å². The summed E-state index contributed by atoms with van der Waals surface area (Å²) in [6.07, 6.45) is 1.10. The Balaban J connectivity index is 2.20. The summed E-state index contributed by atoms with van der Waals surface area (Å²) in [6.45, 7) is 6.26. The van der Waals surface area contributed by atoms with Crippen LogP contribution in [0.15, 0.2) is 24.3 Å². The molecule has 0 saturated carbocycles. The maximum Gasteiger partial charge on any atom is 0.413 e. The Bertz CT molecular complexity index is 875. The first-order valence-corrected chi connectivity index (χ1v) is 9.72. The molecule has 8 heteroatoms. The Labute approximate surface area is 168 Å². The maximum atomic E-state index is 12.7. The van der Waals surface area contributed by atoms with Crippen LogP contribution in [0.5, 0.6) is 5.75 Å². The van der Waals surface area contributed by atoms with E-state index in [1.807, 2.05) is 6.92 Å². The Morgan fingerprint density at radius 3 is 2.57 bits per heavy atom. The minimum Gasteiger partial charge on any atom is -0.494 e. The van der Waals surface area contributed by atoms with Crippen LogP contribution in [0.3, 0.4) is 0 Å². The van der Waals surface area contributed by atoms with Crippen molar-refractivity contribution in [3.05, 3.63) is 45.8 Å². The van der Waals surface area contributed by atoms with Crippen LogP contribution in [0.4, 0.5) is 9.80 Å². The summed E-state index contributed by atoms with van der Waals surface area (Å²) in [6, 6.07) is 6.86. The van der Waals surface area contributed by atoms with Crippen molar-refractivity contribution in [2.24, 2.45) is 0 Å². The number of amides is 3. The summed E-state index contributed by atoms with van der Waals surface area (Å²) in [5.41, 5.74) is 1.35. The molecule has 0 bridgehead atoms. The average molecular weight is 404 g/mol. The molecule has 0 radical (unpaired) electrons. The van der Waals surface area contributed by atoms with E-state index >= 15 is 0 Å². The summed E-state index contributed by atoms with van der Waals surface area (Å²) in [7, 11) is 1.17. The van der Waals surface area contributed by atoms with Gasteiger partial charge >= 0.3 is 6.09 Å². The third-order valence-corrected chi connectivity index (χ3v) is 5.23. The number of hydrogen-bond acceptors (Lipinski definition) is 6. The second-order valence-electron chi connectivity index (χ2n) is 6.12. The monoisotopic (exact) mass is 404 g/mol. The summed E-state index contributed by atoms with van der Waals surface area (Å²) in [5, 5.41) is 5.27. The first-order chi connectivity index (χ1) is 13.4. The number of imide groups is 1. The topological polar surface area (TPSA) is 93.7 Å². The fourth-order valence-electron chi connectivity index (χ4n) is 2.43. The van der Waals surface area contributed by atoms with E-state index in [2.05, 4.69) is 22.3 Å². The van der Waals surface area contributed by atoms with Gasteiger partial charge in [0.05, 0.1) is 19.3 Å². The van der Waals surface area contributed by atoms with Gasteiger partial charge in [0.25, 0.3) is 11.8 Å². The molecule has 0 fully saturated rings. The molecule has 0 spiro atoms. The normalized spacial score (nSPS) is 10.3. The smallest absolute Gasteiger partial charge is 0.413 e. The number of methoxy groups -OCH3 is 1. The molecule has 0 aliphatic heterocycles. The van der Waals surface area contributed by atoms with E-state index in [0.29, 0.717) is 28.5 Å². The van der Waals surface area contributed by atoms with Crippen molar-refractivity contribution in [2.75, 3.05) is 19.0 Å². The van der Waals surface area contributed by atoms with E-state index in [4.69, 9.17) is 4.74 Å². The number of carbonyl (C=O) groups is 3. The highest BCUT2D eigenvalue weighted by atomic mass is 32.1. The molecule has 0 aliphatic rings. The first kappa shape index (κ1) is 21.4. The molecule has 28 heavy (non-hydrogen) atoms. The predicted molar refractivity (Wildman–Crippen MR) is 108 cm³/mol. The number of aryl methyl sites for hydroxylation is 1. The van der Waals surface area contributed by atoms with E-state index in [0.717, 1.165) is 17.7 Å². The number of thiophene rings is 1. The third kappa shape index (κ3) is 5.32. The zero-order valence-corrected chi connectivity index (χ0v) is 17.2. The molecule has 7 nitrogen and oxygen atoms in total. The summed E-state index contributed by atoms with van der Waals surface area (Å²) >= 11 is 1.27. The van der Waals surface area contributed by atoms with Gasteiger partial charge in [-0.3, -0.25) is 14.9 Å². The van der Waals surface area contributed by atoms with E-state index in [1.54, 1.807) is 31.2 Å². The van der Waals surface area contributed by atoms with Crippen LogP contribution < -0.4 is 15.4 Å². The molecular weight excluding hydrogens is 380 g/mol. The number of carbonyl (C=O) groups excluding carboxylic acids is 3. The SMILES string of the molecule is CCCCOc1cccc(C(=O)Nc2sc(C)c(C)c2C(=O)NC(=O)OC)c1. The average Bonchev–Trinajstić information content (AvgIpc) is 2.95. The predicted octanol–water partition coefficient (Wildman–Crippen LogP) is 4.29. The van der Waals surface area contributed by atoms with Gasteiger partial charge in [-0.25, -0.2) is 4.79 Å². The molecule has 0 unspecified atom stereocenters. The van der Waals surface area contributed by atoms with E-state index < -0.39 is 12.0 Å². The van der Waals surface area contributed by atoms with Crippen molar-refractivity contribution < 1.29 is 23.9 Å². The Kier molecular flexibility index (Phi) is 7.57. The first-order valence-electron chi connectivity index (χ1n) is 8.90. The van der Waals surface area contributed by atoms with Gasteiger partial charge in [-0.15, -0.1) is 11.3 Å². The van der Waals surface area contributed by atoms with Gasteiger partial charge < -0.3 is 14.8 Å². The van der Waals surface area contributed by atoms with Crippen molar-refractivity contribution in [1.29, 1.82) is 0 Å². The molecule has 0 saturated heterocycles. The van der Waals surface area contributed by atoms with Crippen molar-refractivity contribution in [3.63, 3.8) is 0 Å². The van der Waals surface area contributed by atoms with Gasteiger partial charge in [0, 0.05) is 10.4 Å². The van der Waals surface area contributed by atoms with Crippen LogP contribution in [0.2, 0.25) is 0 Å². The van der Waals surface area contributed by atoms with Crippen molar-refractivity contribution in [2.45, 2.75) is 33.6 Å². The number of benzene rings is 1. The maximum absolute atomic E-state index is 12.7.